The molecule has 1 aliphatic heterocycles. The Bertz CT molecular complexity index is 921. The average molecular weight is 350 g/mol. The number of ether oxygens (including phenoxy) is 1. The van der Waals surface area contributed by atoms with Crippen LogP contribution < -0.4 is 0 Å². The number of nitrogens with zero attached hydrogens (tertiary/aromatic N) is 4. The van der Waals surface area contributed by atoms with Crippen LogP contribution in [0.15, 0.2) is 48.9 Å². The van der Waals surface area contributed by atoms with Crippen LogP contribution in [-0.4, -0.2) is 51.5 Å². The van der Waals surface area contributed by atoms with Crippen LogP contribution in [0.3, 0.4) is 0 Å². The monoisotopic (exact) mass is 350 g/mol. The molecule has 0 bridgehead atoms. The van der Waals surface area contributed by atoms with Gasteiger partial charge >= 0.3 is 0 Å². The Labute approximate surface area is 152 Å². The zero-order valence-corrected chi connectivity index (χ0v) is 14.8. The lowest BCUT2D eigenvalue weighted by Crippen LogP contribution is -2.37. The summed E-state index contributed by atoms with van der Waals surface area (Å²) in [6.45, 7) is 4.33. The first kappa shape index (κ1) is 16.7. The second kappa shape index (κ2) is 7.25. The quantitative estimate of drug-likeness (QED) is 0.728. The van der Waals surface area contributed by atoms with E-state index in [1.165, 1.54) is 0 Å². The molecule has 0 unspecified atom stereocenters. The second-order valence-corrected chi connectivity index (χ2v) is 6.74. The lowest BCUT2D eigenvalue weighted by atomic mass is 10.0. The number of fused-ring (bicyclic) bond motifs is 1. The second-order valence-electron chi connectivity index (χ2n) is 6.74. The number of aryl methyl sites for hydroxylation is 1. The van der Waals surface area contributed by atoms with Crippen molar-refractivity contribution in [1.82, 2.24) is 19.3 Å². The Morgan fingerprint density at radius 3 is 3.08 bits per heavy atom. The number of rotatable bonds is 3. The lowest BCUT2D eigenvalue weighted by molar-refractivity contribution is 0.0731. The van der Waals surface area contributed by atoms with E-state index >= 15 is 0 Å². The maximum absolute atomic E-state index is 12.9. The van der Waals surface area contributed by atoms with Gasteiger partial charge in [0.05, 0.1) is 24.4 Å². The first-order chi connectivity index (χ1) is 12.7. The van der Waals surface area contributed by atoms with E-state index in [1.807, 2.05) is 48.6 Å². The van der Waals surface area contributed by atoms with Crippen molar-refractivity contribution in [2.45, 2.75) is 13.3 Å². The van der Waals surface area contributed by atoms with Gasteiger partial charge in [0.25, 0.3) is 5.91 Å². The summed E-state index contributed by atoms with van der Waals surface area (Å²) in [6, 6.07) is 9.63. The highest BCUT2D eigenvalue weighted by Gasteiger charge is 2.25. The smallest absolute Gasteiger partial charge is 0.272 e. The third-order valence-electron chi connectivity index (χ3n) is 4.75. The first-order valence-electron chi connectivity index (χ1n) is 8.92. The fourth-order valence-corrected chi connectivity index (χ4v) is 3.47. The van der Waals surface area contributed by atoms with Crippen molar-refractivity contribution in [1.29, 1.82) is 0 Å². The minimum absolute atomic E-state index is 0.0296. The van der Waals surface area contributed by atoms with Crippen molar-refractivity contribution in [2.24, 2.45) is 5.92 Å². The normalized spacial score (nSPS) is 18.0. The largest absolute Gasteiger partial charge is 0.379 e. The van der Waals surface area contributed by atoms with E-state index in [-0.39, 0.29) is 11.8 Å². The molecule has 0 saturated carbocycles. The summed E-state index contributed by atoms with van der Waals surface area (Å²) >= 11 is 0. The van der Waals surface area contributed by atoms with Crippen LogP contribution in [0.4, 0.5) is 0 Å². The van der Waals surface area contributed by atoms with Gasteiger partial charge in [0.15, 0.2) is 0 Å². The van der Waals surface area contributed by atoms with E-state index in [9.17, 15) is 4.79 Å². The van der Waals surface area contributed by atoms with Gasteiger partial charge in [0.1, 0.15) is 5.69 Å². The van der Waals surface area contributed by atoms with E-state index in [2.05, 4.69) is 20.4 Å². The summed E-state index contributed by atoms with van der Waals surface area (Å²) in [4.78, 5) is 23.6. The number of hydrogen-bond donors (Lipinski definition) is 0. The fourth-order valence-electron chi connectivity index (χ4n) is 3.47. The Morgan fingerprint density at radius 1 is 1.27 bits per heavy atom. The zero-order chi connectivity index (χ0) is 17.9. The number of carbonyl (C=O) groups is 1. The van der Waals surface area contributed by atoms with Crippen molar-refractivity contribution in [3.05, 3.63) is 66.0 Å². The maximum atomic E-state index is 12.9. The number of hydrogen-bond acceptors (Lipinski definition) is 4. The summed E-state index contributed by atoms with van der Waals surface area (Å²) in [5.74, 6) is 0.179. The van der Waals surface area contributed by atoms with Gasteiger partial charge in [-0.1, -0.05) is 6.07 Å². The molecular weight excluding hydrogens is 328 g/mol. The third kappa shape index (κ3) is 3.46. The summed E-state index contributed by atoms with van der Waals surface area (Å²) < 4.78 is 7.83. The van der Waals surface area contributed by atoms with Gasteiger partial charge in [-0.25, -0.2) is 4.98 Å². The molecule has 0 N–H and O–H groups in total. The Balaban J connectivity index is 1.52. The summed E-state index contributed by atoms with van der Waals surface area (Å²) in [5.41, 5.74) is 3.49. The molecule has 6 nitrogen and oxygen atoms in total. The molecule has 134 valence electrons. The minimum atomic E-state index is -0.0296. The van der Waals surface area contributed by atoms with Gasteiger partial charge in [-0.3, -0.25) is 9.78 Å². The molecular formula is C20H22N4O2. The molecule has 1 saturated heterocycles. The molecule has 0 spiro atoms. The number of carbonyl (C=O) groups excluding carboxylic acids is 1. The van der Waals surface area contributed by atoms with Gasteiger partial charge in [0.2, 0.25) is 0 Å². The van der Waals surface area contributed by atoms with E-state index in [0.717, 1.165) is 23.3 Å². The molecule has 1 amide bonds. The molecule has 1 atom stereocenters. The summed E-state index contributed by atoms with van der Waals surface area (Å²) in [6.07, 6.45) is 6.56. The SMILES string of the molecule is Cc1cccc(C(=O)N2CCOC[C@@H](Cc3nccn4cccc34)C2)n1. The predicted molar refractivity (Wildman–Crippen MR) is 98.1 cm³/mol. The van der Waals surface area contributed by atoms with Crippen LogP contribution in [0.2, 0.25) is 0 Å². The van der Waals surface area contributed by atoms with Crippen molar-refractivity contribution < 1.29 is 9.53 Å². The highest BCUT2D eigenvalue weighted by molar-refractivity contribution is 5.92. The molecule has 0 aliphatic carbocycles. The van der Waals surface area contributed by atoms with Crippen LogP contribution >= 0.6 is 0 Å². The Kier molecular flexibility index (Phi) is 4.67. The van der Waals surface area contributed by atoms with Crippen LogP contribution in [0, 0.1) is 12.8 Å². The number of amides is 1. The predicted octanol–water partition coefficient (Wildman–Crippen LogP) is 2.37. The van der Waals surface area contributed by atoms with Gasteiger partial charge in [-0.2, -0.15) is 0 Å². The van der Waals surface area contributed by atoms with Crippen LogP contribution in [0.1, 0.15) is 21.9 Å². The molecule has 1 fully saturated rings. The molecule has 1 aliphatic rings. The van der Waals surface area contributed by atoms with Gasteiger partial charge in [-0.15, -0.1) is 0 Å². The van der Waals surface area contributed by atoms with Crippen molar-refractivity contribution in [3.63, 3.8) is 0 Å². The molecule has 3 aromatic rings. The van der Waals surface area contributed by atoms with Gasteiger partial charge in [-0.05, 0) is 37.6 Å². The standard InChI is InChI=1S/C20H22N4O2/c1-15-4-2-5-17(22-15)20(25)24-10-11-26-14-16(13-24)12-18-19-6-3-8-23(19)9-7-21-18/h2-9,16H,10-14H2,1H3/t16-/m0/s1. The molecule has 4 heterocycles. The molecule has 26 heavy (non-hydrogen) atoms. The minimum Gasteiger partial charge on any atom is -0.379 e. The van der Waals surface area contributed by atoms with Crippen molar-refractivity contribution >= 4 is 11.4 Å². The fraction of sp³-hybridized carbons (Fsp3) is 0.350. The average Bonchev–Trinajstić information content (AvgIpc) is 3.01. The van der Waals surface area contributed by atoms with Crippen LogP contribution in [0.25, 0.3) is 5.52 Å². The maximum Gasteiger partial charge on any atom is 0.272 e. The topological polar surface area (TPSA) is 59.7 Å². The first-order valence-corrected chi connectivity index (χ1v) is 8.92. The number of pyridine rings is 1. The molecule has 3 aromatic heterocycles. The van der Waals surface area contributed by atoms with E-state index in [0.29, 0.717) is 32.0 Å². The third-order valence-corrected chi connectivity index (χ3v) is 4.75. The van der Waals surface area contributed by atoms with E-state index < -0.39 is 0 Å². The van der Waals surface area contributed by atoms with Crippen molar-refractivity contribution in [3.8, 4) is 0 Å². The number of aromatic nitrogens is 3. The summed E-state index contributed by atoms with van der Waals surface area (Å²) in [5, 5.41) is 0. The zero-order valence-electron chi connectivity index (χ0n) is 14.8. The molecule has 0 aromatic carbocycles. The van der Waals surface area contributed by atoms with Gasteiger partial charge < -0.3 is 14.0 Å². The Hall–Kier alpha value is -2.73. The molecule has 0 radical (unpaired) electrons. The highest BCUT2D eigenvalue weighted by Crippen LogP contribution is 2.18. The van der Waals surface area contributed by atoms with Gasteiger partial charge in [0, 0.05) is 43.3 Å². The van der Waals surface area contributed by atoms with Crippen LogP contribution in [-0.2, 0) is 11.2 Å². The molecule has 4 rings (SSSR count). The van der Waals surface area contributed by atoms with Crippen LogP contribution in [0.5, 0.6) is 0 Å². The summed E-state index contributed by atoms with van der Waals surface area (Å²) in [7, 11) is 0. The highest BCUT2D eigenvalue weighted by atomic mass is 16.5. The Morgan fingerprint density at radius 2 is 2.19 bits per heavy atom. The lowest BCUT2D eigenvalue weighted by Gasteiger charge is -2.23. The van der Waals surface area contributed by atoms with Crippen molar-refractivity contribution in [2.75, 3.05) is 26.3 Å². The van der Waals surface area contributed by atoms with E-state index in [1.54, 1.807) is 6.07 Å². The molecule has 6 heteroatoms. The van der Waals surface area contributed by atoms with E-state index in [4.69, 9.17) is 4.74 Å².